The van der Waals surface area contributed by atoms with Gasteiger partial charge in [-0.05, 0) is 75.2 Å². The molecule has 2 unspecified atom stereocenters. The van der Waals surface area contributed by atoms with Crippen molar-refractivity contribution in [1.82, 2.24) is 10.6 Å². The number of carbonyl (C=O) groups is 2. The molecule has 0 aromatic heterocycles. The van der Waals surface area contributed by atoms with Gasteiger partial charge in [-0.15, -0.1) is 12.4 Å². The topological polar surface area (TPSA) is 70.2 Å². The first-order valence-corrected chi connectivity index (χ1v) is 9.94. The molecule has 2 amide bonds. The lowest BCUT2D eigenvalue weighted by Crippen LogP contribution is -2.34. The quantitative estimate of drug-likeness (QED) is 0.662. The Morgan fingerprint density at radius 3 is 2.30 bits per heavy atom. The smallest absolute Gasteiger partial charge is 0.227 e. The Bertz CT molecular complexity index is 625. The third kappa shape index (κ3) is 6.51. The van der Waals surface area contributed by atoms with Crippen LogP contribution in [0.25, 0.3) is 0 Å². The lowest BCUT2D eigenvalue weighted by molar-refractivity contribution is -0.123. The van der Waals surface area contributed by atoms with Gasteiger partial charge in [0.1, 0.15) is 0 Å². The van der Waals surface area contributed by atoms with Gasteiger partial charge in [0, 0.05) is 18.0 Å². The molecule has 3 N–H and O–H groups in total. The van der Waals surface area contributed by atoms with Gasteiger partial charge in [0.2, 0.25) is 11.8 Å². The molecule has 1 aromatic rings. The molecule has 2 aliphatic rings. The van der Waals surface area contributed by atoms with Gasteiger partial charge in [-0.25, -0.2) is 0 Å². The molecule has 0 spiro atoms. The van der Waals surface area contributed by atoms with E-state index in [9.17, 15) is 9.59 Å². The molecule has 27 heavy (non-hydrogen) atoms. The van der Waals surface area contributed by atoms with Gasteiger partial charge in [0.15, 0.2) is 0 Å². The zero-order valence-electron chi connectivity index (χ0n) is 16.3. The first-order chi connectivity index (χ1) is 12.5. The Labute approximate surface area is 168 Å². The van der Waals surface area contributed by atoms with Crippen molar-refractivity contribution in [2.45, 2.75) is 52.0 Å². The van der Waals surface area contributed by atoms with Crippen molar-refractivity contribution in [3.8, 4) is 0 Å². The molecule has 1 aromatic carbocycles. The minimum atomic E-state index is -0.0316. The van der Waals surface area contributed by atoms with E-state index in [0.29, 0.717) is 18.3 Å². The summed E-state index contributed by atoms with van der Waals surface area (Å²) >= 11 is 0. The Morgan fingerprint density at radius 1 is 1.07 bits per heavy atom. The van der Waals surface area contributed by atoms with Gasteiger partial charge in [-0.1, -0.05) is 19.1 Å². The predicted octanol–water partition coefficient (Wildman–Crippen LogP) is 3.66. The highest BCUT2D eigenvalue weighted by Crippen LogP contribution is 2.30. The maximum absolute atomic E-state index is 12.4. The van der Waals surface area contributed by atoms with Crippen molar-refractivity contribution >= 4 is 29.9 Å². The summed E-state index contributed by atoms with van der Waals surface area (Å²) in [6.45, 7) is 6.33. The van der Waals surface area contributed by atoms with Crippen LogP contribution in [0.3, 0.4) is 0 Å². The van der Waals surface area contributed by atoms with E-state index in [0.717, 1.165) is 50.0 Å². The van der Waals surface area contributed by atoms with Gasteiger partial charge in [-0.3, -0.25) is 9.59 Å². The highest BCUT2D eigenvalue weighted by atomic mass is 35.5. The van der Waals surface area contributed by atoms with Crippen LogP contribution in [0.4, 0.5) is 5.69 Å². The van der Waals surface area contributed by atoms with Gasteiger partial charge in [-0.2, -0.15) is 0 Å². The van der Waals surface area contributed by atoms with Crippen LogP contribution in [0, 0.1) is 17.8 Å². The minimum Gasteiger partial charge on any atom is -0.350 e. The fourth-order valence-electron chi connectivity index (χ4n) is 3.70. The zero-order chi connectivity index (χ0) is 18.5. The van der Waals surface area contributed by atoms with Crippen molar-refractivity contribution in [3.63, 3.8) is 0 Å². The molecule has 5 nitrogen and oxygen atoms in total. The lowest BCUT2D eigenvalue weighted by Gasteiger charge is -2.28. The summed E-state index contributed by atoms with van der Waals surface area (Å²) in [5.74, 6) is 1.51. The average molecular weight is 394 g/mol. The number of hydrogen-bond donors (Lipinski definition) is 3. The SMILES string of the molecule is CC(NC(=O)CC(C)C1CCNCC1)c1ccc(NC(=O)C2CC2)cc1.Cl. The molecule has 150 valence electrons. The third-order valence-electron chi connectivity index (χ3n) is 5.70. The summed E-state index contributed by atoms with van der Waals surface area (Å²) < 4.78 is 0. The van der Waals surface area contributed by atoms with Crippen LogP contribution in [-0.2, 0) is 9.59 Å². The molecule has 1 saturated heterocycles. The first kappa shape index (κ1) is 21.7. The maximum Gasteiger partial charge on any atom is 0.227 e. The number of benzene rings is 1. The normalized spacial score (nSPS) is 19.5. The van der Waals surface area contributed by atoms with E-state index in [1.807, 2.05) is 31.2 Å². The van der Waals surface area contributed by atoms with Gasteiger partial charge >= 0.3 is 0 Å². The highest BCUT2D eigenvalue weighted by Gasteiger charge is 2.29. The number of hydrogen-bond acceptors (Lipinski definition) is 3. The molecular weight excluding hydrogens is 362 g/mol. The zero-order valence-corrected chi connectivity index (χ0v) is 17.1. The maximum atomic E-state index is 12.4. The van der Waals surface area contributed by atoms with E-state index >= 15 is 0 Å². The Morgan fingerprint density at radius 2 is 1.70 bits per heavy atom. The number of nitrogens with one attached hydrogen (secondary N) is 3. The van der Waals surface area contributed by atoms with Crippen molar-refractivity contribution in [3.05, 3.63) is 29.8 Å². The molecule has 0 radical (unpaired) electrons. The molecule has 6 heteroatoms. The van der Waals surface area contributed by atoms with E-state index in [1.54, 1.807) is 0 Å². The standard InChI is InChI=1S/C21H31N3O2.ClH/c1-14(16-9-11-22-12-10-16)13-20(25)23-15(2)17-5-7-19(8-6-17)24-21(26)18-3-4-18;/h5-8,14-16,18,22H,3-4,9-13H2,1-2H3,(H,23,25)(H,24,26);1H. The van der Waals surface area contributed by atoms with E-state index in [2.05, 4.69) is 22.9 Å². The molecule has 1 aliphatic carbocycles. The highest BCUT2D eigenvalue weighted by molar-refractivity contribution is 5.94. The molecule has 0 bridgehead atoms. The van der Waals surface area contributed by atoms with Crippen molar-refractivity contribution in [1.29, 1.82) is 0 Å². The summed E-state index contributed by atoms with van der Waals surface area (Å²) in [5.41, 5.74) is 1.88. The number of halogens is 1. The van der Waals surface area contributed by atoms with Gasteiger partial charge in [0.05, 0.1) is 6.04 Å². The van der Waals surface area contributed by atoms with E-state index in [1.165, 1.54) is 0 Å². The second kappa shape index (κ2) is 10.1. The van der Waals surface area contributed by atoms with Crippen LogP contribution < -0.4 is 16.0 Å². The van der Waals surface area contributed by atoms with E-state index < -0.39 is 0 Å². The summed E-state index contributed by atoms with van der Waals surface area (Å²) in [7, 11) is 0. The number of amides is 2. The number of piperidine rings is 1. The number of carbonyl (C=O) groups excluding carboxylic acids is 2. The summed E-state index contributed by atoms with van der Waals surface area (Å²) in [6.07, 6.45) is 4.92. The van der Waals surface area contributed by atoms with Gasteiger partial charge < -0.3 is 16.0 Å². The van der Waals surface area contributed by atoms with Crippen LogP contribution in [0.1, 0.15) is 57.6 Å². The van der Waals surface area contributed by atoms with E-state index in [-0.39, 0.29) is 36.2 Å². The number of rotatable bonds is 7. The molecular formula is C21H32ClN3O2. The van der Waals surface area contributed by atoms with Crippen LogP contribution in [-0.4, -0.2) is 24.9 Å². The van der Waals surface area contributed by atoms with Gasteiger partial charge in [0.25, 0.3) is 0 Å². The average Bonchev–Trinajstić information content (AvgIpc) is 3.48. The molecule has 3 rings (SSSR count). The van der Waals surface area contributed by atoms with E-state index in [4.69, 9.17) is 0 Å². The number of anilines is 1. The van der Waals surface area contributed by atoms with Crippen molar-refractivity contribution in [2.75, 3.05) is 18.4 Å². The first-order valence-electron chi connectivity index (χ1n) is 9.94. The third-order valence-corrected chi connectivity index (χ3v) is 5.70. The van der Waals surface area contributed by atoms with Crippen molar-refractivity contribution < 1.29 is 9.59 Å². The largest absolute Gasteiger partial charge is 0.350 e. The molecule has 1 aliphatic heterocycles. The molecule has 2 atom stereocenters. The van der Waals surface area contributed by atoms with Crippen LogP contribution >= 0.6 is 12.4 Å². The Balaban J connectivity index is 0.00000261. The van der Waals surface area contributed by atoms with Crippen LogP contribution in [0.15, 0.2) is 24.3 Å². The molecule has 2 fully saturated rings. The minimum absolute atomic E-state index is 0. The van der Waals surface area contributed by atoms with Crippen LogP contribution in [0.5, 0.6) is 0 Å². The second-order valence-electron chi connectivity index (χ2n) is 7.94. The fraction of sp³-hybridized carbons (Fsp3) is 0.619. The Kier molecular flexibility index (Phi) is 8.11. The van der Waals surface area contributed by atoms with Crippen LogP contribution in [0.2, 0.25) is 0 Å². The Hall–Kier alpha value is -1.59. The summed E-state index contributed by atoms with van der Waals surface area (Å²) in [4.78, 5) is 24.2. The summed E-state index contributed by atoms with van der Waals surface area (Å²) in [6, 6.07) is 7.75. The monoisotopic (exact) mass is 393 g/mol. The fourth-order valence-corrected chi connectivity index (χ4v) is 3.70. The second-order valence-corrected chi connectivity index (χ2v) is 7.94. The van der Waals surface area contributed by atoms with Crippen molar-refractivity contribution in [2.24, 2.45) is 17.8 Å². The molecule has 1 heterocycles. The summed E-state index contributed by atoms with van der Waals surface area (Å²) in [5, 5.41) is 9.43. The molecule has 1 saturated carbocycles. The lowest BCUT2D eigenvalue weighted by atomic mass is 9.84. The predicted molar refractivity (Wildman–Crippen MR) is 111 cm³/mol.